The molecule has 3 aromatic rings. The summed E-state index contributed by atoms with van der Waals surface area (Å²) in [6, 6.07) is 14.8. The minimum Gasteiger partial charge on any atom is -0.424 e. The molecule has 0 aliphatic carbocycles. The minimum absolute atomic E-state index is 0.102. The second-order valence-electron chi connectivity index (χ2n) is 4.87. The molecular formula is C16H15FN2O. The topological polar surface area (TPSA) is 38.1 Å². The molecule has 1 N–H and O–H groups in total. The molecule has 0 saturated heterocycles. The van der Waals surface area contributed by atoms with Crippen molar-refractivity contribution in [1.82, 2.24) is 4.98 Å². The normalized spacial score (nSPS) is 12.5. The predicted octanol–water partition coefficient (Wildman–Crippen LogP) is 4.01. The molecule has 0 bridgehead atoms. The summed E-state index contributed by atoms with van der Waals surface area (Å²) in [5, 5.41) is 3.20. The molecule has 4 heteroatoms. The number of aromatic nitrogens is 1. The van der Waals surface area contributed by atoms with Crippen LogP contribution in [0.2, 0.25) is 0 Å². The summed E-state index contributed by atoms with van der Waals surface area (Å²) in [6.07, 6.45) is 0.705. The highest BCUT2D eigenvalue weighted by Crippen LogP contribution is 2.19. The zero-order valence-corrected chi connectivity index (χ0v) is 11.1. The van der Waals surface area contributed by atoms with Crippen molar-refractivity contribution < 1.29 is 8.81 Å². The predicted molar refractivity (Wildman–Crippen MR) is 77.2 cm³/mol. The van der Waals surface area contributed by atoms with Crippen LogP contribution in [0.15, 0.2) is 52.9 Å². The van der Waals surface area contributed by atoms with Gasteiger partial charge in [0.05, 0.1) is 0 Å². The van der Waals surface area contributed by atoms with Crippen molar-refractivity contribution in [1.29, 1.82) is 0 Å². The van der Waals surface area contributed by atoms with Crippen LogP contribution in [0.3, 0.4) is 0 Å². The van der Waals surface area contributed by atoms with E-state index in [0.29, 0.717) is 12.4 Å². The van der Waals surface area contributed by atoms with Crippen molar-refractivity contribution >= 4 is 17.1 Å². The van der Waals surface area contributed by atoms with E-state index in [9.17, 15) is 4.39 Å². The number of para-hydroxylation sites is 2. The van der Waals surface area contributed by atoms with Crippen molar-refractivity contribution in [3.8, 4) is 0 Å². The summed E-state index contributed by atoms with van der Waals surface area (Å²) in [4.78, 5) is 4.36. The van der Waals surface area contributed by atoms with E-state index in [1.165, 1.54) is 6.07 Å². The second kappa shape index (κ2) is 5.33. The fraction of sp³-hybridized carbons (Fsp3) is 0.188. The van der Waals surface area contributed by atoms with Gasteiger partial charge < -0.3 is 9.73 Å². The molecule has 1 unspecified atom stereocenters. The SMILES string of the molecule is CC(Cc1cccc(F)c1)Nc1nc2ccccc2o1. The third kappa shape index (κ3) is 2.79. The van der Waals surface area contributed by atoms with E-state index in [-0.39, 0.29) is 11.9 Å². The Morgan fingerprint density at radius 2 is 2.05 bits per heavy atom. The van der Waals surface area contributed by atoms with Crippen molar-refractivity contribution in [2.45, 2.75) is 19.4 Å². The Hall–Kier alpha value is -2.36. The van der Waals surface area contributed by atoms with E-state index >= 15 is 0 Å². The second-order valence-corrected chi connectivity index (χ2v) is 4.87. The van der Waals surface area contributed by atoms with Gasteiger partial charge in [-0.3, -0.25) is 0 Å². The van der Waals surface area contributed by atoms with E-state index < -0.39 is 0 Å². The van der Waals surface area contributed by atoms with Gasteiger partial charge in [-0.15, -0.1) is 0 Å². The Labute approximate surface area is 116 Å². The molecule has 0 saturated carbocycles. The lowest BCUT2D eigenvalue weighted by Crippen LogP contribution is -2.18. The third-order valence-electron chi connectivity index (χ3n) is 3.09. The fourth-order valence-electron chi connectivity index (χ4n) is 2.21. The summed E-state index contributed by atoms with van der Waals surface area (Å²) < 4.78 is 18.7. The highest BCUT2D eigenvalue weighted by atomic mass is 19.1. The Balaban J connectivity index is 1.70. The van der Waals surface area contributed by atoms with E-state index in [4.69, 9.17) is 4.42 Å². The first kappa shape index (κ1) is 12.7. The number of oxazole rings is 1. The highest BCUT2D eigenvalue weighted by Gasteiger charge is 2.09. The van der Waals surface area contributed by atoms with Crippen LogP contribution in [-0.2, 0) is 6.42 Å². The smallest absolute Gasteiger partial charge is 0.295 e. The molecule has 0 aliphatic rings. The van der Waals surface area contributed by atoms with E-state index in [0.717, 1.165) is 16.7 Å². The van der Waals surface area contributed by atoms with Crippen molar-refractivity contribution in [3.63, 3.8) is 0 Å². The summed E-state index contributed by atoms with van der Waals surface area (Å²) >= 11 is 0. The maximum Gasteiger partial charge on any atom is 0.295 e. The zero-order chi connectivity index (χ0) is 13.9. The van der Waals surface area contributed by atoms with Crippen LogP contribution < -0.4 is 5.32 Å². The summed E-state index contributed by atoms with van der Waals surface area (Å²) in [5.74, 6) is -0.212. The minimum atomic E-state index is -0.212. The fourth-order valence-corrected chi connectivity index (χ4v) is 2.21. The van der Waals surface area contributed by atoms with E-state index in [2.05, 4.69) is 10.3 Å². The maximum absolute atomic E-state index is 13.1. The van der Waals surface area contributed by atoms with Gasteiger partial charge in [-0.05, 0) is 43.2 Å². The number of nitrogens with one attached hydrogen (secondary N) is 1. The van der Waals surface area contributed by atoms with Gasteiger partial charge in [-0.25, -0.2) is 4.39 Å². The van der Waals surface area contributed by atoms with Gasteiger partial charge in [0.15, 0.2) is 5.58 Å². The number of rotatable bonds is 4. The van der Waals surface area contributed by atoms with Gasteiger partial charge in [0, 0.05) is 6.04 Å². The number of benzene rings is 2. The molecule has 0 spiro atoms. The van der Waals surface area contributed by atoms with Gasteiger partial charge in [0.1, 0.15) is 11.3 Å². The zero-order valence-electron chi connectivity index (χ0n) is 11.1. The lowest BCUT2D eigenvalue weighted by Gasteiger charge is -2.11. The van der Waals surface area contributed by atoms with Crippen molar-refractivity contribution in [2.24, 2.45) is 0 Å². The molecule has 0 fully saturated rings. The monoisotopic (exact) mass is 270 g/mol. The van der Waals surface area contributed by atoms with Crippen molar-refractivity contribution in [3.05, 3.63) is 59.9 Å². The molecular weight excluding hydrogens is 255 g/mol. The Kier molecular flexibility index (Phi) is 3.37. The largest absolute Gasteiger partial charge is 0.424 e. The maximum atomic E-state index is 13.1. The highest BCUT2D eigenvalue weighted by molar-refractivity contribution is 5.74. The average Bonchev–Trinajstić information content (AvgIpc) is 2.80. The number of hydrogen-bond acceptors (Lipinski definition) is 3. The number of hydrogen-bond donors (Lipinski definition) is 1. The Bertz CT molecular complexity index is 690. The van der Waals surface area contributed by atoms with Crippen LogP contribution in [0.5, 0.6) is 0 Å². The molecule has 0 amide bonds. The number of halogens is 1. The molecule has 3 nitrogen and oxygen atoms in total. The number of anilines is 1. The van der Waals surface area contributed by atoms with E-state index in [1.54, 1.807) is 12.1 Å². The number of nitrogens with zero attached hydrogens (tertiary/aromatic N) is 1. The first-order valence-electron chi connectivity index (χ1n) is 6.57. The molecule has 20 heavy (non-hydrogen) atoms. The molecule has 0 aliphatic heterocycles. The van der Waals surface area contributed by atoms with Crippen LogP contribution in [0.1, 0.15) is 12.5 Å². The molecule has 2 aromatic carbocycles. The molecule has 1 atom stereocenters. The molecule has 1 aromatic heterocycles. The molecule has 0 radical (unpaired) electrons. The van der Waals surface area contributed by atoms with Crippen LogP contribution in [0.4, 0.5) is 10.4 Å². The van der Waals surface area contributed by atoms with Crippen LogP contribution in [0.25, 0.3) is 11.1 Å². The summed E-state index contributed by atoms with van der Waals surface area (Å²) in [6.45, 7) is 2.01. The van der Waals surface area contributed by atoms with Gasteiger partial charge in [0.2, 0.25) is 0 Å². The standard InChI is InChI=1S/C16H15FN2O/c1-11(9-12-5-4-6-13(17)10-12)18-16-19-14-7-2-3-8-15(14)20-16/h2-8,10-11H,9H2,1H3,(H,18,19). The van der Waals surface area contributed by atoms with Gasteiger partial charge >= 0.3 is 0 Å². The van der Waals surface area contributed by atoms with E-state index in [1.807, 2.05) is 37.3 Å². The Morgan fingerprint density at radius 3 is 2.85 bits per heavy atom. The lowest BCUT2D eigenvalue weighted by molar-refractivity contribution is 0.597. The quantitative estimate of drug-likeness (QED) is 0.778. The first-order valence-corrected chi connectivity index (χ1v) is 6.57. The third-order valence-corrected chi connectivity index (χ3v) is 3.09. The summed E-state index contributed by atoms with van der Waals surface area (Å²) in [5.41, 5.74) is 2.53. The first-order chi connectivity index (χ1) is 9.70. The van der Waals surface area contributed by atoms with Gasteiger partial charge in [-0.2, -0.15) is 4.98 Å². The molecule has 1 heterocycles. The van der Waals surface area contributed by atoms with Gasteiger partial charge in [-0.1, -0.05) is 24.3 Å². The lowest BCUT2D eigenvalue weighted by atomic mass is 10.1. The van der Waals surface area contributed by atoms with Crippen molar-refractivity contribution in [2.75, 3.05) is 5.32 Å². The summed E-state index contributed by atoms with van der Waals surface area (Å²) in [7, 11) is 0. The van der Waals surface area contributed by atoms with Crippen LogP contribution >= 0.6 is 0 Å². The van der Waals surface area contributed by atoms with Crippen LogP contribution in [0, 0.1) is 5.82 Å². The Morgan fingerprint density at radius 1 is 1.20 bits per heavy atom. The van der Waals surface area contributed by atoms with Gasteiger partial charge in [0.25, 0.3) is 6.01 Å². The molecule has 102 valence electrons. The van der Waals surface area contributed by atoms with Crippen LogP contribution in [-0.4, -0.2) is 11.0 Å². The number of fused-ring (bicyclic) bond motifs is 1. The average molecular weight is 270 g/mol. The molecule has 3 rings (SSSR count).